The molecule has 0 N–H and O–H groups in total. The highest BCUT2D eigenvalue weighted by Gasteiger charge is 2.52. The highest BCUT2D eigenvalue weighted by molar-refractivity contribution is 6.49. The van der Waals surface area contributed by atoms with Crippen molar-refractivity contribution in [2.24, 2.45) is 0 Å². The van der Waals surface area contributed by atoms with Crippen LogP contribution in [0.3, 0.4) is 0 Å². The van der Waals surface area contributed by atoms with Crippen LogP contribution in [0.5, 0.6) is 0 Å². The molecule has 1 aromatic rings. The van der Waals surface area contributed by atoms with Crippen molar-refractivity contribution < 1.29 is 18.7 Å². The van der Waals surface area contributed by atoms with Crippen LogP contribution in [0.4, 0.5) is 4.39 Å². The van der Waals surface area contributed by atoms with Crippen molar-refractivity contribution in [1.82, 2.24) is 0 Å². The van der Waals surface area contributed by atoms with Gasteiger partial charge in [-0.3, -0.25) is 4.79 Å². The van der Waals surface area contributed by atoms with Gasteiger partial charge < -0.3 is 4.74 Å². The Balaban J connectivity index is 2.34. The molecule has 0 aliphatic heterocycles. The summed E-state index contributed by atoms with van der Waals surface area (Å²) in [6, 6.07) is 3.75. The van der Waals surface area contributed by atoms with E-state index in [1.165, 1.54) is 18.2 Å². The Labute approximate surface area is 115 Å². The van der Waals surface area contributed by atoms with Gasteiger partial charge in [-0.05, 0) is 44.5 Å². The average molecular weight is 285 g/mol. The van der Waals surface area contributed by atoms with E-state index in [1.54, 1.807) is 20.8 Å². The van der Waals surface area contributed by atoms with E-state index in [2.05, 4.69) is 0 Å². The highest BCUT2D eigenvalue weighted by Crippen LogP contribution is 2.37. The van der Waals surface area contributed by atoms with Gasteiger partial charge in [0.25, 0.3) is 0 Å². The molecule has 3 nitrogen and oxygen atoms in total. The quantitative estimate of drug-likeness (QED) is 0.452. The van der Waals surface area contributed by atoms with Crippen LogP contribution in [0.2, 0.25) is 0 Å². The topological polar surface area (TPSA) is 43.4 Å². The van der Waals surface area contributed by atoms with Crippen molar-refractivity contribution >= 4 is 23.4 Å². The number of carbonyl (C=O) groups excluding carboxylic acids is 2. The number of alkyl halides is 1. The monoisotopic (exact) mass is 284 g/mol. The predicted molar refractivity (Wildman–Crippen MR) is 68.9 cm³/mol. The minimum atomic E-state index is -1.77. The Hall–Kier alpha value is -1.42. The van der Waals surface area contributed by atoms with Crippen LogP contribution in [-0.4, -0.2) is 22.2 Å². The first-order valence-corrected chi connectivity index (χ1v) is 6.27. The maximum atomic E-state index is 13.1. The van der Waals surface area contributed by atoms with E-state index in [0.717, 1.165) is 0 Å². The maximum absolute atomic E-state index is 13.1. The van der Waals surface area contributed by atoms with Crippen molar-refractivity contribution in [3.8, 4) is 0 Å². The molecule has 0 aromatic heterocycles. The van der Waals surface area contributed by atoms with Gasteiger partial charge in [0.05, 0.1) is 0 Å². The standard InChI is InChI=1S/C14H14ClFO3/c1-13(2,3)19-12(18)14(15)7-8-6-9(16)4-5-10(8)11(14)17/h4-6H,7H2,1-3H3/t14-/m0/s1. The zero-order valence-corrected chi connectivity index (χ0v) is 11.7. The Morgan fingerprint density at radius 2 is 2.05 bits per heavy atom. The third-order valence-electron chi connectivity index (χ3n) is 2.83. The zero-order chi connectivity index (χ0) is 14.4. The molecule has 0 bridgehead atoms. The van der Waals surface area contributed by atoms with E-state index in [4.69, 9.17) is 16.3 Å². The fraction of sp³-hybridized carbons (Fsp3) is 0.429. The number of carbonyl (C=O) groups is 2. The van der Waals surface area contributed by atoms with Crippen LogP contribution in [-0.2, 0) is 16.0 Å². The van der Waals surface area contributed by atoms with Gasteiger partial charge >= 0.3 is 5.97 Å². The van der Waals surface area contributed by atoms with E-state index in [1.807, 2.05) is 0 Å². The van der Waals surface area contributed by atoms with Gasteiger partial charge in [0.15, 0.2) is 5.78 Å². The van der Waals surface area contributed by atoms with E-state index < -0.39 is 28.0 Å². The molecule has 0 fully saturated rings. The number of halogens is 2. The van der Waals surface area contributed by atoms with Gasteiger partial charge in [-0.1, -0.05) is 11.6 Å². The molecule has 0 saturated carbocycles. The molecule has 1 aliphatic rings. The van der Waals surface area contributed by atoms with Crippen LogP contribution >= 0.6 is 11.6 Å². The van der Waals surface area contributed by atoms with Crippen LogP contribution in [0, 0.1) is 5.82 Å². The van der Waals surface area contributed by atoms with Crippen molar-refractivity contribution in [3.05, 3.63) is 35.1 Å². The van der Waals surface area contributed by atoms with E-state index in [9.17, 15) is 14.0 Å². The molecular formula is C14H14ClFO3. The number of benzene rings is 1. The third kappa shape index (κ3) is 2.50. The molecular weight excluding hydrogens is 271 g/mol. The van der Waals surface area contributed by atoms with Gasteiger partial charge in [0, 0.05) is 12.0 Å². The second-order valence-electron chi connectivity index (χ2n) is 5.61. The Bertz CT molecular complexity index is 562. The van der Waals surface area contributed by atoms with Crippen molar-refractivity contribution in [3.63, 3.8) is 0 Å². The molecule has 0 spiro atoms. The van der Waals surface area contributed by atoms with Gasteiger partial charge in [-0.2, -0.15) is 0 Å². The number of rotatable bonds is 1. The van der Waals surface area contributed by atoms with Crippen LogP contribution < -0.4 is 0 Å². The summed E-state index contributed by atoms with van der Waals surface area (Å²) in [6.45, 7) is 5.08. The summed E-state index contributed by atoms with van der Waals surface area (Å²) in [5, 5.41) is 0. The molecule has 2 rings (SSSR count). The summed E-state index contributed by atoms with van der Waals surface area (Å²) in [7, 11) is 0. The molecule has 1 aliphatic carbocycles. The average Bonchev–Trinajstić information content (AvgIpc) is 2.49. The Morgan fingerprint density at radius 1 is 1.42 bits per heavy atom. The number of esters is 1. The molecule has 0 saturated heterocycles. The van der Waals surface area contributed by atoms with Crippen molar-refractivity contribution in [1.29, 1.82) is 0 Å². The Morgan fingerprint density at radius 3 is 2.63 bits per heavy atom. The van der Waals surface area contributed by atoms with Crippen LogP contribution in [0.1, 0.15) is 36.7 Å². The minimum Gasteiger partial charge on any atom is -0.458 e. The van der Waals surface area contributed by atoms with Crippen molar-refractivity contribution in [2.45, 2.75) is 37.7 Å². The lowest BCUT2D eigenvalue weighted by Crippen LogP contribution is -2.43. The smallest absolute Gasteiger partial charge is 0.336 e. The van der Waals surface area contributed by atoms with Crippen molar-refractivity contribution in [2.75, 3.05) is 0 Å². The van der Waals surface area contributed by atoms with E-state index >= 15 is 0 Å². The van der Waals surface area contributed by atoms with Crippen LogP contribution in [0.15, 0.2) is 18.2 Å². The summed E-state index contributed by atoms with van der Waals surface area (Å²) in [5.74, 6) is -1.78. The molecule has 0 radical (unpaired) electrons. The minimum absolute atomic E-state index is 0.0462. The van der Waals surface area contributed by atoms with Gasteiger partial charge in [-0.25, -0.2) is 9.18 Å². The number of hydrogen-bond acceptors (Lipinski definition) is 3. The highest BCUT2D eigenvalue weighted by atomic mass is 35.5. The summed E-state index contributed by atoms with van der Waals surface area (Å²) in [5.41, 5.74) is -0.0210. The Kier molecular flexibility index (Phi) is 3.17. The fourth-order valence-corrected chi connectivity index (χ4v) is 2.29. The number of ketones is 1. The lowest BCUT2D eigenvalue weighted by molar-refractivity contribution is -0.156. The first kappa shape index (κ1) is 14.0. The summed E-state index contributed by atoms with van der Waals surface area (Å²) in [4.78, 5) is 22.5. The second-order valence-corrected chi connectivity index (χ2v) is 6.26. The molecule has 5 heteroatoms. The van der Waals surface area contributed by atoms with Gasteiger partial charge in [0.1, 0.15) is 11.4 Å². The van der Waals surface area contributed by atoms with Gasteiger partial charge in [-0.15, -0.1) is 0 Å². The molecule has 0 heterocycles. The van der Waals surface area contributed by atoms with Gasteiger partial charge in [0.2, 0.25) is 4.87 Å². The number of Topliss-reactive ketones (excluding diaryl/α,β-unsaturated/α-hetero) is 1. The lowest BCUT2D eigenvalue weighted by Gasteiger charge is -2.25. The molecule has 1 atom stereocenters. The SMILES string of the molecule is CC(C)(C)OC(=O)[C@]1(Cl)Cc2cc(F)ccc2C1=O. The number of fused-ring (bicyclic) bond motifs is 1. The molecule has 0 unspecified atom stereocenters. The van der Waals surface area contributed by atoms with E-state index in [0.29, 0.717) is 5.56 Å². The summed E-state index contributed by atoms with van der Waals surface area (Å²) < 4.78 is 18.3. The molecule has 1 aromatic carbocycles. The van der Waals surface area contributed by atoms with E-state index in [-0.39, 0.29) is 12.0 Å². The van der Waals surface area contributed by atoms with Crippen LogP contribution in [0.25, 0.3) is 0 Å². The normalized spacial score (nSPS) is 22.3. The predicted octanol–water partition coefficient (Wildman–Crippen LogP) is 2.88. The summed E-state index contributed by atoms with van der Waals surface area (Å²) >= 11 is 6.15. The molecule has 0 amide bonds. The molecule has 19 heavy (non-hydrogen) atoms. The summed E-state index contributed by atoms with van der Waals surface area (Å²) in [6.07, 6.45) is -0.0462. The number of ether oxygens (including phenoxy) is 1. The first-order chi connectivity index (χ1) is 8.63. The maximum Gasteiger partial charge on any atom is 0.336 e. The fourth-order valence-electron chi connectivity index (χ4n) is 2.01. The largest absolute Gasteiger partial charge is 0.458 e. The molecule has 102 valence electrons. The lowest BCUT2D eigenvalue weighted by atomic mass is 10.0. The first-order valence-electron chi connectivity index (χ1n) is 5.89. The third-order valence-corrected chi connectivity index (χ3v) is 3.29. The number of hydrogen-bond donors (Lipinski definition) is 0. The second kappa shape index (κ2) is 4.30. The zero-order valence-electron chi connectivity index (χ0n) is 10.9.